The van der Waals surface area contributed by atoms with E-state index < -0.39 is 11.2 Å². The SMILES string of the molecule is CC(C)NC(=O)Cn1c(=O)n(-c2ccc(C(C)C)cc2)c(=O)c2ccccc21. The highest BCUT2D eigenvalue weighted by Gasteiger charge is 2.16. The Kier molecular flexibility index (Phi) is 5.49. The van der Waals surface area contributed by atoms with Gasteiger partial charge in [0.25, 0.3) is 5.56 Å². The molecular weight excluding hydrogens is 354 g/mol. The lowest BCUT2D eigenvalue weighted by Gasteiger charge is -2.15. The van der Waals surface area contributed by atoms with Crippen LogP contribution in [0.2, 0.25) is 0 Å². The first-order valence-corrected chi connectivity index (χ1v) is 9.44. The van der Waals surface area contributed by atoms with Gasteiger partial charge in [0.05, 0.1) is 16.6 Å². The first-order chi connectivity index (χ1) is 13.3. The molecule has 1 heterocycles. The van der Waals surface area contributed by atoms with Crippen molar-refractivity contribution >= 4 is 16.8 Å². The van der Waals surface area contributed by atoms with Crippen LogP contribution in [-0.2, 0) is 11.3 Å². The molecule has 3 aromatic rings. The zero-order chi connectivity index (χ0) is 20.4. The molecule has 0 saturated heterocycles. The number of aromatic nitrogens is 2. The number of fused-ring (bicyclic) bond motifs is 1. The zero-order valence-corrected chi connectivity index (χ0v) is 16.6. The molecule has 0 aliphatic heterocycles. The summed E-state index contributed by atoms with van der Waals surface area (Å²) in [5.74, 6) is 0.0707. The highest BCUT2D eigenvalue weighted by molar-refractivity contribution is 5.82. The van der Waals surface area contributed by atoms with Gasteiger partial charge >= 0.3 is 5.69 Å². The van der Waals surface area contributed by atoms with E-state index in [1.54, 1.807) is 36.4 Å². The number of hydrogen-bond donors (Lipinski definition) is 1. The Balaban J connectivity index is 2.22. The van der Waals surface area contributed by atoms with E-state index in [-0.39, 0.29) is 18.5 Å². The van der Waals surface area contributed by atoms with Gasteiger partial charge in [-0.15, -0.1) is 0 Å². The Bertz CT molecular complexity index is 1120. The summed E-state index contributed by atoms with van der Waals surface area (Å²) < 4.78 is 2.49. The molecule has 146 valence electrons. The van der Waals surface area contributed by atoms with Crippen LogP contribution in [0.4, 0.5) is 0 Å². The van der Waals surface area contributed by atoms with Crippen LogP contribution in [0.25, 0.3) is 16.6 Å². The fourth-order valence-corrected chi connectivity index (χ4v) is 3.22. The van der Waals surface area contributed by atoms with Gasteiger partial charge in [0.2, 0.25) is 5.91 Å². The third kappa shape index (κ3) is 3.76. The van der Waals surface area contributed by atoms with Gasteiger partial charge in [-0.25, -0.2) is 9.36 Å². The summed E-state index contributed by atoms with van der Waals surface area (Å²) in [7, 11) is 0. The maximum Gasteiger partial charge on any atom is 0.336 e. The smallest absolute Gasteiger partial charge is 0.336 e. The third-order valence-electron chi connectivity index (χ3n) is 4.62. The van der Waals surface area contributed by atoms with Crippen LogP contribution in [0.15, 0.2) is 58.1 Å². The lowest BCUT2D eigenvalue weighted by atomic mass is 10.0. The van der Waals surface area contributed by atoms with Crippen molar-refractivity contribution in [3.63, 3.8) is 0 Å². The van der Waals surface area contributed by atoms with Gasteiger partial charge in [0, 0.05) is 6.04 Å². The highest BCUT2D eigenvalue weighted by Crippen LogP contribution is 2.16. The molecule has 28 heavy (non-hydrogen) atoms. The molecule has 0 saturated carbocycles. The topological polar surface area (TPSA) is 73.1 Å². The van der Waals surface area contributed by atoms with E-state index in [0.29, 0.717) is 22.5 Å². The van der Waals surface area contributed by atoms with Crippen molar-refractivity contribution in [2.45, 2.75) is 46.2 Å². The molecule has 6 heteroatoms. The second-order valence-corrected chi connectivity index (χ2v) is 7.49. The number of benzene rings is 2. The fourth-order valence-electron chi connectivity index (χ4n) is 3.22. The highest BCUT2D eigenvalue weighted by atomic mass is 16.2. The summed E-state index contributed by atoms with van der Waals surface area (Å²) in [6.07, 6.45) is 0. The first-order valence-electron chi connectivity index (χ1n) is 9.44. The fraction of sp³-hybridized carbons (Fsp3) is 0.318. The van der Waals surface area contributed by atoms with E-state index in [1.807, 2.05) is 26.0 Å². The average Bonchev–Trinajstić information content (AvgIpc) is 2.65. The molecule has 0 atom stereocenters. The van der Waals surface area contributed by atoms with Gasteiger partial charge in [-0.2, -0.15) is 0 Å². The molecule has 2 aromatic carbocycles. The summed E-state index contributed by atoms with van der Waals surface area (Å²) in [4.78, 5) is 38.5. The Morgan fingerprint density at radius 1 is 0.964 bits per heavy atom. The lowest BCUT2D eigenvalue weighted by molar-refractivity contribution is -0.122. The predicted molar refractivity (Wildman–Crippen MR) is 111 cm³/mol. The van der Waals surface area contributed by atoms with Crippen molar-refractivity contribution in [3.05, 3.63) is 74.9 Å². The van der Waals surface area contributed by atoms with Crippen LogP contribution in [0.1, 0.15) is 39.2 Å². The summed E-state index contributed by atoms with van der Waals surface area (Å²) in [5, 5.41) is 3.19. The molecule has 1 aromatic heterocycles. The molecule has 3 rings (SSSR count). The number of hydrogen-bond acceptors (Lipinski definition) is 3. The maximum atomic E-state index is 13.2. The van der Waals surface area contributed by atoms with Crippen LogP contribution in [-0.4, -0.2) is 21.1 Å². The molecule has 6 nitrogen and oxygen atoms in total. The minimum absolute atomic E-state index is 0.0380. The Labute approximate surface area is 163 Å². The standard InChI is InChI=1S/C22H25N3O3/c1-14(2)16-9-11-17(12-10-16)25-21(27)18-7-5-6-8-19(18)24(22(25)28)13-20(26)23-15(3)4/h5-12,14-15H,13H2,1-4H3,(H,23,26). The molecule has 0 unspecified atom stereocenters. The summed E-state index contributed by atoms with van der Waals surface area (Å²) in [5.41, 5.74) is 1.14. The second-order valence-electron chi connectivity index (χ2n) is 7.49. The molecule has 0 fully saturated rings. The van der Waals surface area contributed by atoms with E-state index in [9.17, 15) is 14.4 Å². The van der Waals surface area contributed by atoms with Gasteiger partial charge in [-0.1, -0.05) is 38.1 Å². The lowest BCUT2D eigenvalue weighted by Crippen LogP contribution is -2.42. The van der Waals surface area contributed by atoms with E-state index >= 15 is 0 Å². The number of amides is 1. The van der Waals surface area contributed by atoms with Crippen LogP contribution in [0, 0.1) is 0 Å². The van der Waals surface area contributed by atoms with E-state index in [4.69, 9.17) is 0 Å². The minimum Gasteiger partial charge on any atom is -0.352 e. The monoisotopic (exact) mass is 379 g/mol. The summed E-state index contributed by atoms with van der Waals surface area (Å²) in [6.45, 7) is 7.73. The number of para-hydroxylation sites is 1. The van der Waals surface area contributed by atoms with Crippen LogP contribution in [0.5, 0.6) is 0 Å². The summed E-state index contributed by atoms with van der Waals surface area (Å²) in [6, 6.07) is 14.2. The van der Waals surface area contributed by atoms with E-state index in [0.717, 1.165) is 10.1 Å². The van der Waals surface area contributed by atoms with Gasteiger partial charge in [-0.3, -0.25) is 14.2 Å². The second kappa shape index (κ2) is 7.84. The van der Waals surface area contributed by atoms with Crippen molar-refractivity contribution in [3.8, 4) is 5.69 Å². The quantitative estimate of drug-likeness (QED) is 0.741. The Morgan fingerprint density at radius 3 is 2.21 bits per heavy atom. The molecular formula is C22H25N3O3. The number of carbonyl (C=O) groups is 1. The normalized spacial score (nSPS) is 11.4. The van der Waals surface area contributed by atoms with Crippen LogP contribution >= 0.6 is 0 Å². The molecule has 0 radical (unpaired) electrons. The Hall–Kier alpha value is -3.15. The van der Waals surface area contributed by atoms with Crippen LogP contribution in [0.3, 0.4) is 0 Å². The number of nitrogens with one attached hydrogen (secondary N) is 1. The predicted octanol–water partition coefficient (Wildman–Crippen LogP) is 2.80. The van der Waals surface area contributed by atoms with Gasteiger partial charge in [0.1, 0.15) is 6.54 Å². The molecule has 0 aliphatic carbocycles. The van der Waals surface area contributed by atoms with E-state index in [1.165, 1.54) is 4.57 Å². The van der Waals surface area contributed by atoms with Crippen molar-refractivity contribution < 1.29 is 4.79 Å². The molecule has 1 amide bonds. The van der Waals surface area contributed by atoms with Crippen molar-refractivity contribution in [1.29, 1.82) is 0 Å². The maximum absolute atomic E-state index is 13.2. The number of carbonyl (C=O) groups excluding carboxylic acids is 1. The van der Waals surface area contributed by atoms with Crippen LogP contribution < -0.4 is 16.6 Å². The largest absolute Gasteiger partial charge is 0.352 e. The average molecular weight is 379 g/mol. The molecule has 0 aliphatic rings. The van der Waals surface area contributed by atoms with Gasteiger partial charge < -0.3 is 5.32 Å². The van der Waals surface area contributed by atoms with Crippen molar-refractivity contribution in [2.75, 3.05) is 0 Å². The first kappa shape index (κ1) is 19.6. The molecule has 0 spiro atoms. The zero-order valence-electron chi connectivity index (χ0n) is 16.6. The minimum atomic E-state index is -0.528. The molecule has 1 N–H and O–H groups in total. The number of rotatable bonds is 5. The van der Waals surface area contributed by atoms with Gasteiger partial charge in [0.15, 0.2) is 0 Å². The van der Waals surface area contributed by atoms with E-state index in [2.05, 4.69) is 19.2 Å². The molecule has 0 bridgehead atoms. The third-order valence-corrected chi connectivity index (χ3v) is 4.62. The van der Waals surface area contributed by atoms with Crippen molar-refractivity contribution in [2.24, 2.45) is 0 Å². The number of nitrogens with zero attached hydrogens (tertiary/aromatic N) is 2. The summed E-state index contributed by atoms with van der Waals surface area (Å²) >= 11 is 0. The Morgan fingerprint density at radius 2 is 1.61 bits per heavy atom. The van der Waals surface area contributed by atoms with Crippen molar-refractivity contribution in [1.82, 2.24) is 14.5 Å². The van der Waals surface area contributed by atoms with Gasteiger partial charge in [-0.05, 0) is 49.6 Å².